The molecule has 11 heavy (non-hydrogen) atoms. The van der Waals surface area contributed by atoms with Gasteiger partial charge in [0.2, 0.25) is 0 Å². The Kier molecular flexibility index (Phi) is 2.90. The highest BCUT2D eigenvalue weighted by atomic mass is 16.5. The number of nitrogens with two attached hydrogens (primary N) is 1. The Labute approximate surface area is 69.1 Å². The predicted molar refractivity (Wildman–Crippen MR) is 46.3 cm³/mol. The minimum Gasteiger partial charge on any atom is -0.381 e. The highest BCUT2D eigenvalue weighted by Crippen LogP contribution is 2.44. The van der Waals surface area contributed by atoms with Gasteiger partial charge < -0.3 is 10.5 Å². The van der Waals surface area contributed by atoms with Crippen molar-refractivity contribution in [2.75, 3.05) is 7.11 Å². The molecular formula is C9H19NO. The average Bonchev–Trinajstić information content (AvgIpc) is 2.70. The molecule has 1 aliphatic carbocycles. The van der Waals surface area contributed by atoms with Crippen molar-refractivity contribution < 1.29 is 4.74 Å². The molecule has 0 aromatic rings. The largest absolute Gasteiger partial charge is 0.381 e. The first kappa shape index (κ1) is 9.01. The molecular weight excluding hydrogens is 138 g/mol. The van der Waals surface area contributed by atoms with Gasteiger partial charge in [-0.2, -0.15) is 0 Å². The van der Waals surface area contributed by atoms with Crippen molar-refractivity contribution in [2.24, 2.45) is 17.6 Å². The summed E-state index contributed by atoms with van der Waals surface area (Å²) in [6, 6.07) is 0.351. The third kappa shape index (κ3) is 1.94. The summed E-state index contributed by atoms with van der Waals surface area (Å²) in [5, 5.41) is 0. The van der Waals surface area contributed by atoms with Crippen LogP contribution in [0.1, 0.15) is 26.7 Å². The predicted octanol–water partition coefficient (Wildman–Crippen LogP) is 1.39. The van der Waals surface area contributed by atoms with Crippen molar-refractivity contribution in [3.63, 3.8) is 0 Å². The summed E-state index contributed by atoms with van der Waals surface area (Å²) in [7, 11) is 1.80. The van der Waals surface area contributed by atoms with Crippen molar-refractivity contribution in [1.29, 1.82) is 0 Å². The van der Waals surface area contributed by atoms with Gasteiger partial charge in [-0.1, -0.05) is 6.92 Å². The van der Waals surface area contributed by atoms with E-state index in [-0.39, 0.29) is 0 Å². The van der Waals surface area contributed by atoms with Gasteiger partial charge in [-0.3, -0.25) is 0 Å². The Morgan fingerprint density at radius 2 is 2.18 bits per heavy atom. The first-order chi connectivity index (χ1) is 5.20. The van der Waals surface area contributed by atoms with Gasteiger partial charge in [-0.25, -0.2) is 0 Å². The Balaban J connectivity index is 2.29. The summed E-state index contributed by atoms with van der Waals surface area (Å²) in [5.74, 6) is 1.46. The minimum absolute atomic E-state index is 0.351. The molecule has 0 aromatic carbocycles. The van der Waals surface area contributed by atoms with E-state index in [0.717, 1.165) is 18.3 Å². The van der Waals surface area contributed by atoms with Crippen LogP contribution in [0.4, 0.5) is 0 Å². The fourth-order valence-electron chi connectivity index (χ4n) is 1.91. The summed E-state index contributed by atoms with van der Waals surface area (Å²) < 4.78 is 5.35. The third-order valence-corrected chi connectivity index (χ3v) is 2.75. The standard InChI is InChI=1S/C9H19NO/c1-4-9(11-3)8-5-7(8)6(2)10/h6-9H,4-5,10H2,1-3H3. The maximum atomic E-state index is 5.78. The molecule has 0 heterocycles. The lowest BCUT2D eigenvalue weighted by atomic mass is 10.1. The smallest absolute Gasteiger partial charge is 0.0600 e. The molecule has 0 bridgehead atoms. The Hall–Kier alpha value is -0.0800. The van der Waals surface area contributed by atoms with Crippen LogP contribution >= 0.6 is 0 Å². The second-order valence-corrected chi connectivity index (χ2v) is 3.60. The van der Waals surface area contributed by atoms with Gasteiger partial charge in [0.05, 0.1) is 6.10 Å². The molecule has 1 saturated carbocycles. The maximum Gasteiger partial charge on any atom is 0.0600 e. The molecule has 2 nitrogen and oxygen atoms in total. The van der Waals surface area contributed by atoms with Crippen molar-refractivity contribution >= 4 is 0 Å². The topological polar surface area (TPSA) is 35.2 Å². The summed E-state index contributed by atoms with van der Waals surface area (Å²) in [6.07, 6.45) is 2.83. The van der Waals surface area contributed by atoms with Crippen LogP contribution in [0, 0.1) is 11.8 Å². The number of methoxy groups -OCH3 is 1. The molecule has 2 N–H and O–H groups in total. The molecule has 1 aliphatic rings. The highest BCUT2D eigenvalue weighted by Gasteiger charge is 2.44. The van der Waals surface area contributed by atoms with E-state index < -0.39 is 0 Å². The number of ether oxygens (including phenoxy) is 1. The fourth-order valence-corrected chi connectivity index (χ4v) is 1.91. The van der Waals surface area contributed by atoms with E-state index in [1.807, 2.05) is 0 Å². The second-order valence-electron chi connectivity index (χ2n) is 3.60. The molecule has 66 valence electrons. The Morgan fingerprint density at radius 3 is 2.45 bits per heavy atom. The minimum atomic E-state index is 0.351. The summed E-state index contributed by atoms with van der Waals surface area (Å²) in [6.45, 7) is 4.26. The van der Waals surface area contributed by atoms with Gasteiger partial charge in [0.25, 0.3) is 0 Å². The highest BCUT2D eigenvalue weighted by molar-refractivity contribution is 4.95. The molecule has 1 fully saturated rings. The molecule has 1 rings (SSSR count). The normalized spacial score (nSPS) is 34.9. The number of rotatable bonds is 4. The zero-order chi connectivity index (χ0) is 8.43. The van der Waals surface area contributed by atoms with E-state index in [1.54, 1.807) is 7.11 Å². The molecule has 2 heteroatoms. The number of hydrogen-bond donors (Lipinski definition) is 1. The molecule has 0 radical (unpaired) electrons. The SMILES string of the molecule is CCC(OC)C1CC1C(C)N. The third-order valence-electron chi connectivity index (χ3n) is 2.75. The van der Waals surface area contributed by atoms with Gasteiger partial charge in [-0.15, -0.1) is 0 Å². The van der Waals surface area contributed by atoms with E-state index in [0.29, 0.717) is 12.1 Å². The van der Waals surface area contributed by atoms with Gasteiger partial charge in [0, 0.05) is 13.2 Å². The lowest BCUT2D eigenvalue weighted by Crippen LogP contribution is -2.22. The monoisotopic (exact) mass is 157 g/mol. The van der Waals surface area contributed by atoms with Crippen molar-refractivity contribution in [1.82, 2.24) is 0 Å². The van der Waals surface area contributed by atoms with Crippen molar-refractivity contribution in [2.45, 2.75) is 38.8 Å². The van der Waals surface area contributed by atoms with E-state index in [9.17, 15) is 0 Å². The molecule has 0 spiro atoms. The lowest BCUT2D eigenvalue weighted by molar-refractivity contribution is 0.0757. The Morgan fingerprint density at radius 1 is 1.55 bits per heavy atom. The van der Waals surface area contributed by atoms with Crippen LogP contribution < -0.4 is 5.73 Å². The van der Waals surface area contributed by atoms with Crippen LogP contribution in [0.3, 0.4) is 0 Å². The molecule has 4 atom stereocenters. The molecule has 0 amide bonds. The number of hydrogen-bond acceptors (Lipinski definition) is 2. The first-order valence-corrected chi connectivity index (χ1v) is 4.49. The fraction of sp³-hybridized carbons (Fsp3) is 1.00. The first-order valence-electron chi connectivity index (χ1n) is 4.49. The maximum absolute atomic E-state index is 5.78. The quantitative estimate of drug-likeness (QED) is 0.669. The van der Waals surface area contributed by atoms with E-state index >= 15 is 0 Å². The van der Waals surface area contributed by atoms with Gasteiger partial charge >= 0.3 is 0 Å². The zero-order valence-electron chi connectivity index (χ0n) is 7.71. The van der Waals surface area contributed by atoms with E-state index in [2.05, 4.69) is 13.8 Å². The second kappa shape index (κ2) is 3.55. The Bertz CT molecular complexity index is 121. The van der Waals surface area contributed by atoms with Crippen LogP contribution in [0.5, 0.6) is 0 Å². The van der Waals surface area contributed by atoms with E-state index in [1.165, 1.54) is 6.42 Å². The molecule has 0 saturated heterocycles. The average molecular weight is 157 g/mol. The summed E-state index contributed by atoms with van der Waals surface area (Å²) in [4.78, 5) is 0. The van der Waals surface area contributed by atoms with Crippen LogP contribution in [0.25, 0.3) is 0 Å². The van der Waals surface area contributed by atoms with Crippen LogP contribution in [-0.2, 0) is 4.74 Å². The van der Waals surface area contributed by atoms with Crippen molar-refractivity contribution in [3.8, 4) is 0 Å². The molecule has 4 unspecified atom stereocenters. The molecule has 0 aliphatic heterocycles. The van der Waals surface area contributed by atoms with Crippen molar-refractivity contribution in [3.05, 3.63) is 0 Å². The summed E-state index contributed by atoms with van der Waals surface area (Å²) in [5.41, 5.74) is 5.78. The summed E-state index contributed by atoms with van der Waals surface area (Å²) >= 11 is 0. The zero-order valence-corrected chi connectivity index (χ0v) is 7.71. The lowest BCUT2D eigenvalue weighted by Gasteiger charge is -2.13. The van der Waals surface area contributed by atoms with E-state index in [4.69, 9.17) is 10.5 Å². The van der Waals surface area contributed by atoms with Gasteiger partial charge in [0.1, 0.15) is 0 Å². The van der Waals surface area contributed by atoms with Crippen LogP contribution in [-0.4, -0.2) is 19.3 Å². The van der Waals surface area contributed by atoms with Crippen LogP contribution in [0.15, 0.2) is 0 Å². The van der Waals surface area contributed by atoms with Gasteiger partial charge in [-0.05, 0) is 31.6 Å². The van der Waals surface area contributed by atoms with Gasteiger partial charge in [0.15, 0.2) is 0 Å². The van der Waals surface area contributed by atoms with Crippen LogP contribution in [0.2, 0.25) is 0 Å². The molecule has 0 aromatic heterocycles.